The summed E-state index contributed by atoms with van der Waals surface area (Å²) < 4.78 is 13.8. The lowest BCUT2D eigenvalue weighted by Gasteiger charge is -2.35. The molecule has 20 heavy (non-hydrogen) atoms. The van der Waals surface area contributed by atoms with Crippen LogP contribution in [0.2, 0.25) is 0 Å². The van der Waals surface area contributed by atoms with E-state index >= 15 is 0 Å². The zero-order valence-electron chi connectivity index (χ0n) is 11.6. The maximum absolute atomic E-state index is 13.3. The van der Waals surface area contributed by atoms with Crippen LogP contribution in [0.4, 0.5) is 4.39 Å². The molecule has 1 aliphatic rings. The average molecular weight is 379 g/mol. The molecule has 0 aliphatic carbocycles. The van der Waals surface area contributed by atoms with Crippen LogP contribution in [0.25, 0.3) is 0 Å². The topological polar surface area (TPSA) is 38.0 Å². The van der Waals surface area contributed by atoms with Crippen molar-refractivity contribution < 1.29 is 4.39 Å². The highest BCUT2D eigenvalue weighted by Gasteiger charge is 2.30. The number of thioether (sulfide) groups is 2. The minimum absolute atomic E-state index is 0.208. The molecule has 1 aromatic rings. The van der Waals surface area contributed by atoms with Crippen LogP contribution in [0.5, 0.6) is 0 Å². The van der Waals surface area contributed by atoms with E-state index in [1.807, 2.05) is 35.7 Å². The van der Waals surface area contributed by atoms with Crippen molar-refractivity contribution in [2.24, 2.45) is 5.84 Å². The first-order valence-electron chi connectivity index (χ1n) is 6.68. The molecule has 1 fully saturated rings. The first-order valence-corrected chi connectivity index (χ1v) is 9.47. The molecule has 2 rings (SSSR count). The largest absolute Gasteiger partial charge is 0.271 e. The minimum Gasteiger partial charge on any atom is -0.271 e. The number of nitrogens with one attached hydrogen (secondary N) is 1. The van der Waals surface area contributed by atoms with E-state index < -0.39 is 0 Å². The summed E-state index contributed by atoms with van der Waals surface area (Å²) in [4.78, 5) is 0. The summed E-state index contributed by atoms with van der Waals surface area (Å²) in [6.45, 7) is 4.55. The smallest absolute Gasteiger partial charge is 0.137 e. The highest BCUT2D eigenvalue weighted by molar-refractivity contribution is 9.10. The van der Waals surface area contributed by atoms with Crippen molar-refractivity contribution in [1.82, 2.24) is 5.43 Å². The molecule has 1 saturated heterocycles. The summed E-state index contributed by atoms with van der Waals surface area (Å²) in [5.41, 5.74) is 4.04. The number of nitrogens with two attached hydrogens (primary N) is 1. The van der Waals surface area contributed by atoms with E-state index in [1.165, 1.54) is 6.07 Å². The second kappa shape index (κ2) is 7.49. The lowest BCUT2D eigenvalue weighted by atomic mass is 10.0. The maximum Gasteiger partial charge on any atom is 0.137 e. The third-order valence-corrected chi connectivity index (χ3v) is 7.84. The summed E-state index contributed by atoms with van der Waals surface area (Å²) in [5, 5.41) is 1.81. The molecule has 1 aliphatic heterocycles. The predicted octanol–water partition coefficient (Wildman–Crippen LogP) is 3.59. The van der Waals surface area contributed by atoms with Crippen LogP contribution in [-0.4, -0.2) is 27.5 Å². The van der Waals surface area contributed by atoms with E-state index in [0.717, 1.165) is 17.7 Å². The Balaban J connectivity index is 2.03. The van der Waals surface area contributed by atoms with E-state index in [0.29, 0.717) is 20.2 Å². The number of hydrogen-bond acceptors (Lipinski definition) is 4. The Hall–Kier alpha value is 0.250. The Kier molecular flexibility index (Phi) is 6.23. The molecule has 3 N–H and O–H groups in total. The summed E-state index contributed by atoms with van der Waals surface area (Å²) >= 11 is 7.25. The zero-order chi connectivity index (χ0) is 14.7. The number of rotatable bonds is 4. The summed E-state index contributed by atoms with van der Waals surface area (Å²) in [5.74, 6) is 6.62. The third-order valence-electron chi connectivity index (χ3n) is 3.68. The lowest BCUT2D eigenvalue weighted by molar-refractivity contribution is 0.520. The van der Waals surface area contributed by atoms with E-state index in [-0.39, 0.29) is 11.9 Å². The molecule has 6 heteroatoms. The number of halogens is 2. The van der Waals surface area contributed by atoms with E-state index in [9.17, 15) is 4.39 Å². The van der Waals surface area contributed by atoms with Gasteiger partial charge in [0, 0.05) is 27.5 Å². The molecule has 1 aromatic carbocycles. The minimum atomic E-state index is -0.226. The fraction of sp³-hybridized carbons (Fsp3) is 0.571. The van der Waals surface area contributed by atoms with Gasteiger partial charge >= 0.3 is 0 Å². The first kappa shape index (κ1) is 16.6. The molecule has 0 bridgehead atoms. The van der Waals surface area contributed by atoms with Gasteiger partial charge in [-0.25, -0.2) is 4.39 Å². The molecular weight excluding hydrogens is 359 g/mol. The molecule has 1 heterocycles. The highest BCUT2D eigenvalue weighted by Crippen LogP contribution is 2.37. The molecule has 0 aromatic heterocycles. The second-order valence-corrected chi connectivity index (χ2v) is 9.03. The van der Waals surface area contributed by atoms with Gasteiger partial charge in [0.15, 0.2) is 0 Å². The van der Waals surface area contributed by atoms with Gasteiger partial charge in [-0.1, -0.05) is 19.9 Å². The lowest BCUT2D eigenvalue weighted by Crippen LogP contribution is -2.47. The average Bonchev–Trinajstić information content (AvgIpc) is 2.43. The SMILES string of the molecule is CC1SCC(C(Cc2ccc(F)c(Br)c2)NN)SC1C. The van der Waals surface area contributed by atoms with Crippen LogP contribution < -0.4 is 11.3 Å². The molecular formula is C14H20BrFN2S2. The molecule has 4 unspecified atom stereocenters. The monoisotopic (exact) mass is 378 g/mol. The van der Waals surface area contributed by atoms with Gasteiger partial charge in [-0.3, -0.25) is 11.3 Å². The Morgan fingerprint density at radius 1 is 1.45 bits per heavy atom. The van der Waals surface area contributed by atoms with Gasteiger partial charge in [0.1, 0.15) is 5.82 Å². The Morgan fingerprint density at radius 2 is 2.20 bits per heavy atom. The van der Waals surface area contributed by atoms with E-state index in [1.54, 1.807) is 0 Å². The molecule has 0 spiro atoms. The van der Waals surface area contributed by atoms with Crippen molar-refractivity contribution in [3.05, 3.63) is 34.1 Å². The van der Waals surface area contributed by atoms with Crippen molar-refractivity contribution in [1.29, 1.82) is 0 Å². The van der Waals surface area contributed by atoms with Crippen molar-refractivity contribution in [3.8, 4) is 0 Å². The van der Waals surface area contributed by atoms with Crippen molar-refractivity contribution in [2.75, 3.05) is 5.75 Å². The predicted molar refractivity (Wildman–Crippen MR) is 91.7 cm³/mol. The summed E-state index contributed by atoms with van der Waals surface area (Å²) in [6.07, 6.45) is 0.814. The molecule has 112 valence electrons. The highest BCUT2D eigenvalue weighted by atomic mass is 79.9. The molecule has 4 atom stereocenters. The number of hydrogen-bond donors (Lipinski definition) is 2. The van der Waals surface area contributed by atoms with Crippen molar-refractivity contribution in [3.63, 3.8) is 0 Å². The van der Waals surface area contributed by atoms with Crippen LogP contribution in [-0.2, 0) is 6.42 Å². The van der Waals surface area contributed by atoms with Crippen LogP contribution in [0, 0.1) is 5.82 Å². The Bertz CT molecular complexity index is 461. The third kappa shape index (κ3) is 4.13. The van der Waals surface area contributed by atoms with Crippen LogP contribution in [0.1, 0.15) is 19.4 Å². The van der Waals surface area contributed by atoms with Crippen LogP contribution in [0.15, 0.2) is 22.7 Å². The van der Waals surface area contributed by atoms with Gasteiger partial charge < -0.3 is 0 Å². The number of hydrazine groups is 1. The molecule has 2 nitrogen and oxygen atoms in total. The molecule has 0 saturated carbocycles. The summed E-state index contributed by atoms with van der Waals surface area (Å²) in [7, 11) is 0. The maximum atomic E-state index is 13.3. The Morgan fingerprint density at radius 3 is 2.80 bits per heavy atom. The Labute approximate surface area is 136 Å². The van der Waals surface area contributed by atoms with Gasteiger partial charge in [0.05, 0.1) is 4.47 Å². The van der Waals surface area contributed by atoms with Crippen LogP contribution >= 0.6 is 39.5 Å². The molecule has 0 radical (unpaired) electrons. The van der Waals surface area contributed by atoms with Gasteiger partial charge in [0.25, 0.3) is 0 Å². The van der Waals surface area contributed by atoms with Gasteiger partial charge in [-0.05, 0) is 40.0 Å². The normalized spacial score (nSPS) is 28.4. The van der Waals surface area contributed by atoms with Gasteiger partial charge in [-0.2, -0.15) is 23.5 Å². The van der Waals surface area contributed by atoms with Gasteiger partial charge in [0.2, 0.25) is 0 Å². The van der Waals surface area contributed by atoms with Crippen molar-refractivity contribution in [2.45, 2.75) is 42.1 Å². The number of benzene rings is 1. The van der Waals surface area contributed by atoms with E-state index in [4.69, 9.17) is 5.84 Å². The van der Waals surface area contributed by atoms with E-state index in [2.05, 4.69) is 35.2 Å². The van der Waals surface area contributed by atoms with Gasteiger partial charge in [-0.15, -0.1) is 0 Å². The second-order valence-electron chi connectivity index (χ2n) is 5.14. The fourth-order valence-electron chi connectivity index (χ4n) is 2.24. The first-order chi connectivity index (χ1) is 9.51. The van der Waals surface area contributed by atoms with Crippen LogP contribution in [0.3, 0.4) is 0 Å². The zero-order valence-corrected chi connectivity index (χ0v) is 14.8. The quantitative estimate of drug-likeness (QED) is 0.620. The fourth-order valence-corrected chi connectivity index (χ4v) is 5.78. The summed E-state index contributed by atoms with van der Waals surface area (Å²) in [6, 6.07) is 5.38. The van der Waals surface area contributed by atoms with Crippen molar-refractivity contribution >= 4 is 39.5 Å². The molecule has 0 amide bonds. The standard InChI is InChI=1S/C14H20BrFN2S2/c1-8-9(2)20-14(7-19-8)13(18-17)6-10-3-4-12(16)11(15)5-10/h3-5,8-9,13-14,18H,6-7,17H2,1-2H3.